The first-order valence-corrected chi connectivity index (χ1v) is 6.08. The predicted octanol–water partition coefficient (Wildman–Crippen LogP) is 2.62. The molecular formula is C14H16FNO2. The third-order valence-corrected chi connectivity index (χ3v) is 3.13. The van der Waals surface area contributed by atoms with Crippen LogP contribution in [0.5, 0.6) is 5.75 Å². The van der Waals surface area contributed by atoms with Crippen LogP contribution in [0.1, 0.15) is 29.6 Å². The molecule has 0 heterocycles. The number of nitrogens with one attached hydrogen (secondary N) is 1. The van der Waals surface area contributed by atoms with Gasteiger partial charge in [0.15, 0.2) is 0 Å². The molecule has 0 bridgehead atoms. The van der Waals surface area contributed by atoms with E-state index in [9.17, 15) is 9.18 Å². The number of allylic oxidation sites excluding steroid dienone is 2. The molecule has 0 aromatic heterocycles. The number of benzene rings is 1. The molecule has 2 rings (SSSR count). The number of carbonyl (C=O) groups is 1. The molecule has 0 saturated heterocycles. The molecule has 0 radical (unpaired) electrons. The Bertz CT molecular complexity index is 471. The molecule has 96 valence electrons. The van der Waals surface area contributed by atoms with Crippen molar-refractivity contribution in [1.29, 1.82) is 0 Å². The lowest BCUT2D eigenvalue weighted by Gasteiger charge is -2.18. The Hall–Kier alpha value is -1.84. The van der Waals surface area contributed by atoms with E-state index in [0.717, 1.165) is 25.3 Å². The van der Waals surface area contributed by atoms with Crippen LogP contribution in [-0.4, -0.2) is 17.6 Å². The zero-order chi connectivity index (χ0) is 13.0. The maximum absolute atomic E-state index is 13.4. The fraction of sp³-hybridized carbons (Fsp3) is 0.357. The summed E-state index contributed by atoms with van der Waals surface area (Å²) in [4.78, 5) is 11.8. The molecule has 1 aliphatic rings. The molecule has 0 spiro atoms. The molecule has 1 unspecified atom stereocenters. The molecule has 1 aliphatic carbocycles. The van der Waals surface area contributed by atoms with E-state index in [0.29, 0.717) is 12.5 Å². The average molecular weight is 249 g/mol. The van der Waals surface area contributed by atoms with Gasteiger partial charge in [0.25, 0.3) is 5.91 Å². The number of carbonyl (C=O) groups excluding carboxylic acids is 1. The number of hydrogen-bond acceptors (Lipinski definition) is 2. The van der Waals surface area contributed by atoms with E-state index in [2.05, 4.69) is 17.5 Å². The molecule has 0 saturated carbocycles. The first-order valence-electron chi connectivity index (χ1n) is 6.08. The third kappa shape index (κ3) is 3.09. The highest BCUT2D eigenvalue weighted by Gasteiger charge is 2.15. The summed E-state index contributed by atoms with van der Waals surface area (Å²) >= 11 is 0. The van der Waals surface area contributed by atoms with E-state index in [1.807, 2.05) is 0 Å². The number of hydrogen-bond donors (Lipinski definition) is 2. The van der Waals surface area contributed by atoms with Crippen LogP contribution in [0.25, 0.3) is 0 Å². The monoisotopic (exact) mass is 249 g/mol. The Kier molecular flexibility index (Phi) is 3.97. The predicted molar refractivity (Wildman–Crippen MR) is 66.9 cm³/mol. The molecule has 1 atom stereocenters. The topological polar surface area (TPSA) is 49.3 Å². The fourth-order valence-electron chi connectivity index (χ4n) is 2.06. The first kappa shape index (κ1) is 12.6. The summed E-state index contributed by atoms with van der Waals surface area (Å²) in [5, 5.41) is 11.8. The summed E-state index contributed by atoms with van der Waals surface area (Å²) in [5.74, 6) is -0.876. The third-order valence-electron chi connectivity index (χ3n) is 3.13. The molecule has 1 amide bonds. The Morgan fingerprint density at radius 2 is 2.28 bits per heavy atom. The number of rotatable bonds is 3. The largest absolute Gasteiger partial charge is 0.508 e. The first-order chi connectivity index (χ1) is 8.66. The second kappa shape index (κ2) is 5.67. The van der Waals surface area contributed by atoms with E-state index < -0.39 is 11.7 Å². The lowest BCUT2D eigenvalue weighted by molar-refractivity contribution is 0.0942. The van der Waals surface area contributed by atoms with Crippen LogP contribution in [0.4, 0.5) is 4.39 Å². The average Bonchev–Trinajstić information content (AvgIpc) is 2.37. The Labute approximate surface area is 105 Å². The van der Waals surface area contributed by atoms with Crippen molar-refractivity contribution in [3.63, 3.8) is 0 Å². The van der Waals surface area contributed by atoms with E-state index >= 15 is 0 Å². The number of halogens is 1. The van der Waals surface area contributed by atoms with Crippen molar-refractivity contribution in [2.75, 3.05) is 6.54 Å². The van der Waals surface area contributed by atoms with Crippen LogP contribution in [0.2, 0.25) is 0 Å². The van der Waals surface area contributed by atoms with Gasteiger partial charge >= 0.3 is 0 Å². The smallest absolute Gasteiger partial charge is 0.254 e. The summed E-state index contributed by atoms with van der Waals surface area (Å²) in [6.45, 7) is 0.559. The van der Waals surface area contributed by atoms with Gasteiger partial charge in [-0.05, 0) is 37.3 Å². The van der Waals surface area contributed by atoms with Gasteiger partial charge in [-0.25, -0.2) is 4.39 Å². The maximum atomic E-state index is 13.4. The number of phenols is 1. The molecule has 2 N–H and O–H groups in total. The Balaban J connectivity index is 1.93. The standard InChI is InChI=1S/C14H16FNO2/c15-13-8-11(17)6-7-12(13)14(18)16-9-10-4-2-1-3-5-10/h1-2,6-8,10,17H,3-5,9H2,(H,16,18). The van der Waals surface area contributed by atoms with Crippen LogP contribution < -0.4 is 5.32 Å². The highest BCUT2D eigenvalue weighted by molar-refractivity contribution is 5.94. The zero-order valence-electron chi connectivity index (χ0n) is 10.0. The quantitative estimate of drug-likeness (QED) is 0.809. The van der Waals surface area contributed by atoms with Crippen molar-refractivity contribution >= 4 is 5.91 Å². The summed E-state index contributed by atoms with van der Waals surface area (Å²) in [6, 6.07) is 3.54. The fourth-order valence-corrected chi connectivity index (χ4v) is 2.06. The van der Waals surface area contributed by atoms with Crippen LogP contribution in [0, 0.1) is 11.7 Å². The van der Waals surface area contributed by atoms with Crippen molar-refractivity contribution < 1.29 is 14.3 Å². The molecule has 18 heavy (non-hydrogen) atoms. The minimum atomic E-state index is -0.698. The minimum Gasteiger partial charge on any atom is -0.508 e. The lowest BCUT2D eigenvalue weighted by atomic mass is 9.94. The van der Waals surface area contributed by atoms with E-state index in [1.165, 1.54) is 12.1 Å². The van der Waals surface area contributed by atoms with Gasteiger partial charge in [-0.2, -0.15) is 0 Å². The van der Waals surface area contributed by atoms with E-state index in [-0.39, 0.29) is 11.3 Å². The number of aromatic hydroxyl groups is 1. The van der Waals surface area contributed by atoms with Gasteiger partial charge in [0.2, 0.25) is 0 Å². The molecular weight excluding hydrogens is 233 g/mol. The SMILES string of the molecule is O=C(NCC1CC=CCC1)c1ccc(O)cc1F. The second-order valence-corrected chi connectivity index (χ2v) is 4.52. The molecule has 1 aromatic carbocycles. The van der Waals surface area contributed by atoms with Crippen molar-refractivity contribution in [3.8, 4) is 5.75 Å². The van der Waals surface area contributed by atoms with Gasteiger partial charge in [-0.3, -0.25) is 4.79 Å². The van der Waals surface area contributed by atoms with Crippen molar-refractivity contribution in [1.82, 2.24) is 5.32 Å². The van der Waals surface area contributed by atoms with Gasteiger partial charge in [0, 0.05) is 12.6 Å². The van der Waals surface area contributed by atoms with Gasteiger partial charge in [-0.15, -0.1) is 0 Å². The minimum absolute atomic E-state index is 0.0286. The normalized spacial score (nSPS) is 18.6. The zero-order valence-corrected chi connectivity index (χ0v) is 10.0. The van der Waals surface area contributed by atoms with Crippen LogP contribution in [0.3, 0.4) is 0 Å². The summed E-state index contributed by atoms with van der Waals surface area (Å²) in [5.41, 5.74) is -0.0286. The van der Waals surface area contributed by atoms with Gasteiger partial charge in [0.05, 0.1) is 5.56 Å². The Morgan fingerprint density at radius 3 is 2.94 bits per heavy atom. The molecule has 0 fully saturated rings. The molecule has 4 heteroatoms. The summed E-state index contributed by atoms with van der Waals surface area (Å²) < 4.78 is 13.4. The highest BCUT2D eigenvalue weighted by Crippen LogP contribution is 2.18. The van der Waals surface area contributed by atoms with E-state index in [4.69, 9.17) is 5.11 Å². The van der Waals surface area contributed by atoms with Gasteiger partial charge in [-0.1, -0.05) is 12.2 Å². The van der Waals surface area contributed by atoms with Gasteiger partial charge < -0.3 is 10.4 Å². The molecule has 1 aromatic rings. The van der Waals surface area contributed by atoms with Crippen LogP contribution >= 0.6 is 0 Å². The Morgan fingerprint density at radius 1 is 1.44 bits per heavy atom. The lowest BCUT2D eigenvalue weighted by Crippen LogP contribution is -2.30. The summed E-state index contributed by atoms with van der Waals surface area (Å²) in [7, 11) is 0. The summed E-state index contributed by atoms with van der Waals surface area (Å²) in [6.07, 6.45) is 7.29. The van der Waals surface area contributed by atoms with Crippen LogP contribution in [-0.2, 0) is 0 Å². The molecule has 0 aliphatic heterocycles. The maximum Gasteiger partial charge on any atom is 0.254 e. The van der Waals surface area contributed by atoms with Crippen molar-refractivity contribution in [2.45, 2.75) is 19.3 Å². The van der Waals surface area contributed by atoms with E-state index in [1.54, 1.807) is 0 Å². The highest BCUT2D eigenvalue weighted by atomic mass is 19.1. The van der Waals surface area contributed by atoms with Crippen molar-refractivity contribution in [2.24, 2.45) is 5.92 Å². The van der Waals surface area contributed by atoms with Crippen LogP contribution in [0.15, 0.2) is 30.4 Å². The molecule has 3 nitrogen and oxygen atoms in total. The number of amides is 1. The van der Waals surface area contributed by atoms with Crippen molar-refractivity contribution in [3.05, 3.63) is 41.7 Å². The number of phenolic OH excluding ortho intramolecular Hbond substituents is 1. The van der Waals surface area contributed by atoms with Gasteiger partial charge in [0.1, 0.15) is 11.6 Å². The second-order valence-electron chi connectivity index (χ2n) is 4.52.